The summed E-state index contributed by atoms with van der Waals surface area (Å²) in [6, 6.07) is 0. The number of fused-ring (bicyclic) bond motifs is 2. The van der Waals surface area contributed by atoms with Gasteiger partial charge in [-0.3, -0.25) is 4.79 Å². The largest absolute Gasteiger partial charge is 0.448 e. The molecule has 0 spiro atoms. The van der Waals surface area contributed by atoms with Crippen molar-refractivity contribution in [2.45, 2.75) is 22.9 Å². The number of halogens is 1. The predicted octanol–water partition coefficient (Wildman–Crippen LogP) is 1.47. The summed E-state index contributed by atoms with van der Waals surface area (Å²) in [5.41, 5.74) is 0. The summed E-state index contributed by atoms with van der Waals surface area (Å²) in [6.45, 7) is 0. The molecule has 2 fully saturated rings. The van der Waals surface area contributed by atoms with E-state index in [-0.39, 0.29) is 15.5 Å². The minimum atomic E-state index is -0.0977. The summed E-state index contributed by atoms with van der Waals surface area (Å²) >= 11 is 2.24. The Morgan fingerprint density at radius 2 is 2.56 bits per heavy atom. The van der Waals surface area contributed by atoms with Crippen LogP contribution in [0.2, 0.25) is 0 Å². The first-order valence-corrected chi connectivity index (χ1v) is 4.19. The topological polar surface area (TPSA) is 26.3 Å². The van der Waals surface area contributed by atoms with Crippen LogP contribution in [0, 0.1) is 5.92 Å². The van der Waals surface area contributed by atoms with Gasteiger partial charge in [0, 0.05) is 6.42 Å². The number of hydrogen-bond donors (Lipinski definition) is 0. The maximum atomic E-state index is 10.8. The van der Waals surface area contributed by atoms with Crippen LogP contribution in [-0.2, 0) is 9.53 Å². The lowest BCUT2D eigenvalue weighted by Gasteiger charge is -2.18. The van der Waals surface area contributed by atoms with Gasteiger partial charge in [0.2, 0.25) is 0 Å². The van der Waals surface area contributed by atoms with Crippen LogP contribution in [0.5, 0.6) is 0 Å². The molecule has 2 nitrogen and oxygen atoms in total. The van der Waals surface area contributed by atoms with Gasteiger partial charge in [-0.25, -0.2) is 0 Å². The standard InChI is InChI=1S/C6H7IO2/c7-6-2-1-4(3-6)5(8)9-6/h4H,1-3H2. The molecule has 0 amide bonds. The minimum absolute atomic E-state index is 0.0238. The molecule has 2 atom stereocenters. The Morgan fingerprint density at radius 3 is 2.78 bits per heavy atom. The average molecular weight is 238 g/mol. The molecule has 0 aromatic heterocycles. The van der Waals surface area contributed by atoms with Crippen molar-refractivity contribution >= 4 is 28.6 Å². The molecule has 1 saturated carbocycles. The Hall–Kier alpha value is 0.200. The Kier molecular flexibility index (Phi) is 1.07. The van der Waals surface area contributed by atoms with Gasteiger partial charge in [0.1, 0.15) is 0 Å². The molecule has 1 heterocycles. The van der Waals surface area contributed by atoms with Crippen LogP contribution < -0.4 is 0 Å². The van der Waals surface area contributed by atoms with Crippen molar-refractivity contribution in [2.24, 2.45) is 5.92 Å². The highest BCUT2D eigenvalue weighted by atomic mass is 127. The molecule has 1 aliphatic heterocycles. The van der Waals surface area contributed by atoms with Crippen molar-refractivity contribution in [2.75, 3.05) is 0 Å². The van der Waals surface area contributed by atoms with E-state index in [0.717, 1.165) is 19.3 Å². The Balaban J connectivity index is 2.28. The van der Waals surface area contributed by atoms with Gasteiger partial charge in [-0.1, -0.05) is 0 Å². The van der Waals surface area contributed by atoms with Crippen molar-refractivity contribution in [3.63, 3.8) is 0 Å². The second-order valence-corrected chi connectivity index (χ2v) is 4.71. The summed E-state index contributed by atoms with van der Waals surface area (Å²) in [4.78, 5) is 10.8. The van der Waals surface area contributed by atoms with E-state index in [2.05, 4.69) is 22.6 Å². The number of hydrogen-bond acceptors (Lipinski definition) is 2. The van der Waals surface area contributed by atoms with Gasteiger partial charge in [0.15, 0.2) is 3.61 Å². The molecule has 0 aromatic rings. The van der Waals surface area contributed by atoms with E-state index < -0.39 is 0 Å². The molecule has 2 aliphatic rings. The lowest BCUT2D eigenvalue weighted by molar-refractivity contribution is -0.148. The molecule has 0 N–H and O–H groups in total. The molecule has 3 heteroatoms. The molecule has 0 radical (unpaired) electrons. The maximum Gasteiger partial charge on any atom is 0.310 e. The van der Waals surface area contributed by atoms with Gasteiger partial charge in [-0.05, 0) is 35.4 Å². The summed E-state index contributed by atoms with van der Waals surface area (Å²) in [5, 5.41) is 0. The number of rotatable bonds is 0. The highest BCUT2D eigenvalue weighted by Gasteiger charge is 2.50. The fourth-order valence-corrected chi connectivity index (χ4v) is 2.58. The summed E-state index contributed by atoms with van der Waals surface area (Å²) in [5.74, 6) is 0.262. The molecule has 50 valence electrons. The van der Waals surface area contributed by atoms with Crippen LogP contribution in [0.15, 0.2) is 0 Å². The van der Waals surface area contributed by atoms with Crippen LogP contribution in [0.3, 0.4) is 0 Å². The number of ether oxygens (including phenoxy) is 1. The summed E-state index contributed by atoms with van der Waals surface area (Å²) < 4.78 is 5.00. The van der Waals surface area contributed by atoms with Crippen molar-refractivity contribution < 1.29 is 9.53 Å². The van der Waals surface area contributed by atoms with E-state index in [1.165, 1.54) is 0 Å². The fraction of sp³-hybridized carbons (Fsp3) is 0.833. The van der Waals surface area contributed by atoms with Gasteiger partial charge in [0.25, 0.3) is 0 Å². The number of carbonyl (C=O) groups is 1. The predicted molar refractivity (Wildman–Crippen MR) is 40.2 cm³/mol. The lowest BCUT2D eigenvalue weighted by Crippen LogP contribution is -2.20. The molecule has 2 bridgehead atoms. The zero-order chi connectivity index (χ0) is 6.48. The molecular weight excluding hydrogens is 231 g/mol. The van der Waals surface area contributed by atoms with Gasteiger partial charge in [-0.15, -0.1) is 0 Å². The molecular formula is C6H7IO2. The van der Waals surface area contributed by atoms with Crippen molar-refractivity contribution in [3.8, 4) is 0 Å². The van der Waals surface area contributed by atoms with Gasteiger partial charge in [-0.2, -0.15) is 0 Å². The van der Waals surface area contributed by atoms with Crippen LogP contribution in [-0.4, -0.2) is 9.58 Å². The lowest BCUT2D eigenvalue weighted by atomic mass is 10.1. The normalized spacial score (nSPS) is 47.7. The van der Waals surface area contributed by atoms with Crippen LogP contribution in [0.1, 0.15) is 19.3 Å². The van der Waals surface area contributed by atoms with E-state index in [1.807, 2.05) is 0 Å². The molecule has 2 rings (SSSR count). The van der Waals surface area contributed by atoms with E-state index in [4.69, 9.17) is 4.74 Å². The highest BCUT2D eigenvalue weighted by molar-refractivity contribution is 14.1. The SMILES string of the molecule is O=C1OC2(I)CCC1C2. The Labute approximate surface area is 67.1 Å². The first-order chi connectivity index (χ1) is 4.20. The fourth-order valence-electron chi connectivity index (χ4n) is 1.52. The zero-order valence-corrected chi connectivity index (χ0v) is 7.05. The average Bonchev–Trinajstić information content (AvgIpc) is 2.20. The second-order valence-electron chi connectivity index (χ2n) is 2.74. The third-order valence-electron chi connectivity index (χ3n) is 2.03. The van der Waals surface area contributed by atoms with Crippen molar-refractivity contribution in [1.29, 1.82) is 0 Å². The molecule has 0 aromatic carbocycles. The number of carbonyl (C=O) groups excluding carboxylic acids is 1. The Morgan fingerprint density at radius 1 is 1.78 bits per heavy atom. The molecule has 1 saturated heterocycles. The summed E-state index contributed by atoms with van der Waals surface area (Å²) in [7, 11) is 0. The quantitative estimate of drug-likeness (QED) is 0.363. The van der Waals surface area contributed by atoms with Crippen molar-refractivity contribution in [3.05, 3.63) is 0 Å². The molecule has 2 unspecified atom stereocenters. The van der Waals surface area contributed by atoms with E-state index >= 15 is 0 Å². The zero-order valence-electron chi connectivity index (χ0n) is 4.89. The molecule has 1 aliphatic carbocycles. The summed E-state index contributed by atoms with van der Waals surface area (Å²) in [6.07, 6.45) is 3.05. The number of alkyl halides is 1. The van der Waals surface area contributed by atoms with Gasteiger partial charge < -0.3 is 4.74 Å². The second kappa shape index (κ2) is 1.62. The monoisotopic (exact) mass is 238 g/mol. The van der Waals surface area contributed by atoms with E-state index in [0.29, 0.717) is 0 Å². The Bertz CT molecular complexity index is 168. The van der Waals surface area contributed by atoms with Crippen molar-refractivity contribution in [1.82, 2.24) is 0 Å². The van der Waals surface area contributed by atoms with E-state index in [9.17, 15) is 4.79 Å². The number of esters is 1. The first kappa shape index (κ1) is 5.95. The molecule has 9 heavy (non-hydrogen) atoms. The third-order valence-corrected chi connectivity index (χ3v) is 3.23. The van der Waals surface area contributed by atoms with E-state index in [1.54, 1.807) is 0 Å². The van der Waals surface area contributed by atoms with Crippen LogP contribution >= 0.6 is 22.6 Å². The van der Waals surface area contributed by atoms with Crippen LogP contribution in [0.25, 0.3) is 0 Å². The third kappa shape index (κ3) is 0.772. The highest BCUT2D eigenvalue weighted by Crippen LogP contribution is 2.49. The van der Waals surface area contributed by atoms with Crippen LogP contribution in [0.4, 0.5) is 0 Å². The minimum Gasteiger partial charge on any atom is -0.448 e. The smallest absolute Gasteiger partial charge is 0.310 e. The van der Waals surface area contributed by atoms with Gasteiger partial charge >= 0.3 is 5.97 Å². The first-order valence-electron chi connectivity index (χ1n) is 3.11. The maximum absolute atomic E-state index is 10.8. The van der Waals surface area contributed by atoms with Gasteiger partial charge in [0.05, 0.1) is 5.92 Å².